The Labute approximate surface area is 189 Å². The second-order valence-electron chi connectivity index (χ2n) is 8.01. The van der Waals surface area contributed by atoms with E-state index in [1.807, 2.05) is 48.2 Å². The summed E-state index contributed by atoms with van der Waals surface area (Å²) in [4.78, 5) is 14.1. The molecule has 3 aromatic carbocycles. The monoisotopic (exact) mass is 429 g/mol. The lowest BCUT2D eigenvalue weighted by Crippen LogP contribution is -2.33. The van der Waals surface area contributed by atoms with Gasteiger partial charge in [-0.2, -0.15) is 0 Å². The first-order valence-electron chi connectivity index (χ1n) is 10.6. The molecule has 0 bridgehead atoms. The number of aryl methyl sites for hydroxylation is 2. The summed E-state index contributed by atoms with van der Waals surface area (Å²) in [5, 5.41) is 7.33. The summed E-state index contributed by atoms with van der Waals surface area (Å²) in [5.41, 5.74) is 6.41. The van der Waals surface area contributed by atoms with Crippen molar-refractivity contribution in [3.63, 3.8) is 0 Å². The highest BCUT2D eigenvalue weighted by atomic mass is 32.1. The molecule has 1 aliphatic heterocycles. The van der Waals surface area contributed by atoms with Gasteiger partial charge in [0.1, 0.15) is 0 Å². The number of benzene rings is 3. The molecular formula is C26H27N3OS. The smallest absolute Gasteiger partial charge is 0.227 e. The molecule has 3 aromatic rings. The predicted molar refractivity (Wildman–Crippen MR) is 132 cm³/mol. The van der Waals surface area contributed by atoms with Crippen molar-refractivity contribution in [2.24, 2.45) is 0 Å². The molecule has 0 radical (unpaired) electrons. The third kappa shape index (κ3) is 4.94. The normalized spacial score (nSPS) is 14.4. The molecule has 0 aromatic heterocycles. The van der Waals surface area contributed by atoms with E-state index >= 15 is 0 Å². The lowest BCUT2D eigenvalue weighted by atomic mass is 9.97. The highest BCUT2D eigenvalue weighted by Gasteiger charge is 2.23. The first-order valence-corrected chi connectivity index (χ1v) is 11.0. The Morgan fingerprint density at radius 3 is 2.45 bits per heavy atom. The number of nitrogens with one attached hydrogen (secondary N) is 2. The van der Waals surface area contributed by atoms with Crippen LogP contribution < -0.4 is 15.5 Å². The third-order valence-electron chi connectivity index (χ3n) is 5.62. The van der Waals surface area contributed by atoms with Crippen LogP contribution in [0.2, 0.25) is 0 Å². The van der Waals surface area contributed by atoms with E-state index in [1.54, 1.807) is 0 Å². The summed E-state index contributed by atoms with van der Waals surface area (Å²) in [6.45, 7) is 4.90. The summed E-state index contributed by atoms with van der Waals surface area (Å²) in [6.07, 6.45) is 1.53. The fourth-order valence-electron chi connectivity index (χ4n) is 4.03. The highest BCUT2D eigenvalue weighted by Crippen LogP contribution is 2.28. The number of thiocarbonyl (C=S) groups is 1. The van der Waals surface area contributed by atoms with Crippen LogP contribution in [0, 0.1) is 13.8 Å². The molecule has 1 aliphatic rings. The van der Waals surface area contributed by atoms with E-state index in [9.17, 15) is 4.79 Å². The van der Waals surface area contributed by atoms with Gasteiger partial charge in [0.15, 0.2) is 5.11 Å². The van der Waals surface area contributed by atoms with Gasteiger partial charge in [-0.3, -0.25) is 4.79 Å². The lowest BCUT2D eigenvalue weighted by Gasteiger charge is -2.23. The lowest BCUT2D eigenvalue weighted by molar-refractivity contribution is -0.117. The molecule has 0 saturated carbocycles. The van der Waals surface area contributed by atoms with Gasteiger partial charge >= 0.3 is 0 Å². The predicted octanol–water partition coefficient (Wildman–Crippen LogP) is 5.51. The third-order valence-corrected chi connectivity index (χ3v) is 5.83. The van der Waals surface area contributed by atoms with Crippen molar-refractivity contribution in [2.45, 2.75) is 32.7 Å². The van der Waals surface area contributed by atoms with Crippen LogP contribution in [0.25, 0.3) is 0 Å². The van der Waals surface area contributed by atoms with Crippen LogP contribution in [0.4, 0.5) is 11.4 Å². The average Bonchev–Trinajstić information content (AvgIpc) is 3.19. The highest BCUT2D eigenvalue weighted by molar-refractivity contribution is 7.80. The summed E-state index contributed by atoms with van der Waals surface area (Å²) >= 11 is 5.68. The minimum Gasteiger partial charge on any atom is -0.352 e. The Morgan fingerprint density at radius 1 is 0.968 bits per heavy atom. The van der Waals surface area contributed by atoms with Gasteiger partial charge in [-0.15, -0.1) is 0 Å². The van der Waals surface area contributed by atoms with Crippen molar-refractivity contribution in [1.82, 2.24) is 5.32 Å². The van der Waals surface area contributed by atoms with Crippen LogP contribution >= 0.6 is 12.2 Å². The van der Waals surface area contributed by atoms with Crippen LogP contribution in [0.3, 0.4) is 0 Å². The number of anilines is 2. The molecule has 1 atom stereocenters. The maximum atomic E-state index is 12.2. The number of carbonyl (C=O) groups is 1. The number of carbonyl (C=O) groups excluding carboxylic acids is 1. The standard InChI is InChI=1S/C26H27N3OS/c1-18-8-6-11-21(16-18)25(20-9-4-3-5-10-20)28-26(31)27-22-14-13-19(2)23(17-22)29-15-7-12-24(29)30/h3-6,8-11,13-14,16-17,25H,7,12,15H2,1-2H3,(H2,27,28,31)/t25-/m0/s1. The molecule has 0 unspecified atom stereocenters. The van der Waals surface area contributed by atoms with Crippen LogP contribution in [-0.4, -0.2) is 17.6 Å². The summed E-state index contributed by atoms with van der Waals surface area (Å²) in [7, 11) is 0. The zero-order valence-electron chi connectivity index (χ0n) is 17.9. The van der Waals surface area contributed by atoms with E-state index in [-0.39, 0.29) is 11.9 Å². The van der Waals surface area contributed by atoms with E-state index in [4.69, 9.17) is 12.2 Å². The summed E-state index contributed by atoms with van der Waals surface area (Å²) < 4.78 is 0. The van der Waals surface area contributed by atoms with Crippen molar-refractivity contribution >= 4 is 34.6 Å². The number of hydrogen-bond acceptors (Lipinski definition) is 2. The number of rotatable bonds is 5. The van der Waals surface area contributed by atoms with Crippen molar-refractivity contribution in [3.8, 4) is 0 Å². The van der Waals surface area contributed by atoms with Crippen molar-refractivity contribution < 1.29 is 4.79 Å². The first kappa shape index (κ1) is 21.1. The molecule has 2 N–H and O–H groups in total. The van der Waals surface area contributed by atoms with Gasteiger partial charge in [0.25, 0.3) is 0 Å². The van der Waals surface area contributed by atoms with Gasteiger partial charge in [-0.25, -0.2) is 0 Å². The molecular weight excluding hydrogens is 402 g/mol. The first-order chi connectivity index (χ1) is 15.0. The SMILES string of the molecule is Cc1cccc([C@@H](NC(=S)Nc2ccc(C)c(N3CCCC3=O)c2)c2ccccc2)c1. The molecule has 5 heteroatoms. The van der Waals surface area contributed by atoms with Gasteiger partial charge in [0, 0.05) is 24.3 Å². The Balaban J connectivity index is 1.55. The van der Waals surface area contributed by atoms with Gasteiger partial charge in [-0.05, 0) is 61.3 Å². The van der Waals surface area contributed by atoms with Crippen LogP contribution in [-0.2, 0) is 4.79 Å². The molecule has 4 rings (SSSR count). The molecule has 1 heterocycles. The van der Waals surface area contributed by atoms with Gasteiger partial charge in [-0.1, -0.05) is 66.2 Å². The van der Waals surface area contributed by atoms with Gasteiger partial charge in [0.05, 0.1) is 6.04 Å². The zero-order chi connectivity index (χ0) is 21.8. The molecule has 158 valence electrons. The zero-order valence-corrected chi connectivity index (χ0v) is 18.7. The van der Waals surface area contributed by atoms with E-state index in [0.717, 1.165) is 41.0 Å². The van der Waals surface area contributed by atoms with Crippen LogP contribution in [0.15, 0.2) is 72.8 Å². The summed E-state index contributed by atoms with van der Waals surface area (Å²) in [5.74, 6) is 0.185. The molecule has 31 heavy (non-hydrogen) atoms. The number of amides is 1. The second kappa shape index (κ2) is 9.31. The Hall–Kier alpha value is -3.18. The van der Waals surface area contributed by atoms with Crippen molar-refractivity contribution in [3.05, 3.63) is 95.1 Å². The summed E-state index contributed by atoms with van der Waals surface area (Å²) in [6, 6.07) is 24.7. The molecule has 0 aliphatic carbocycles. The molecule has 1 fully saturated rings. The van der Waals surface area contributed by atoms with E-state index in [2.05, 4.69) is 54.0 Å². The van der Waals surface area contributed by atoms with E-state index < -0.39 is 0 Å². The number of nitrogens with zero attached hydrogens (tertiary/aromatic N) is 1. The average molecular weight is 430 g/mol. The quantitative estimate of drug-likeness (QED) is 0.525. The Bertz CT molecular complexity index is 1100. The van der Waals surface area contributed by atoms with Crippen molar-refractivity contribution in [2.75, 3.05) is 16.8 Å². The van der Waals surface area contributed by atoms with Gasteiger partial charge in [0.2, 0.25) is 5.91 Å². The molecule has 4 nitrogen and oxygen atoms in total. The maximum Gasteiger partial charge on any atom is 0.227 e. The van der Waals surface area contributed by atoms with E-state index in [0.29, 0.717) is 11.5 Å². The van der Waals surface area contributed by atoms with Crippen LogP contribution in [0.5, 0.6) is 0 Å². The van der Waals surface area contributed by atoms with Crippen molar-refractivity contribution in [1.29, 1.82) is 0 Å². The van der Waals surface area contributed by atoms with E-state index in [1.165, 1.54) is 5.56 Å². The Kier molecular flexibility index (Phi) is 6.33. The minimum atomic E-state index is -0.0637. The Morgan fingerprint density at radius 2 is 1.74 bits per heavy atom. The fourth-order valence-corrected chi connectivity index (χ4v) is 4.27. The largest absolute Gasteiger partial charge is 0.352 e. The second-order valence-corrected chi connectivity index (χ2v) is 8.41. The fraction of sp³-hybridized carbons (Fsp3) is 0.231. The number of hydrogen-bond donors (Lipinski definition) is 2. The molecule has 0 spiro atoms. The van der Waals surface area contributed by atoms with Crippen LogP contribution in [0.1, 0.15) is 41.1 Å². The maximum absolute atomic E-state index is 12.2. The van der Waals surface area contributed by atoms with Gasteiger partial charge < -0.3 is 15.5 Å². The molecule has 1 amide bonds. The molecule has 1 saturated heterocycles. The minimum absolute atomic E-state index is 0.0637. The topological polar surface area (TPSA) is 44.4 Å².